The smallest absolute Gasteiger partial charge is 0.164 e. The second kappa shape index (κ2) is 2.18. The lowest BCUT2D eigenvalue weighted by Crippen LogP contribution is -2.42. The van der Waals surface area contributed by atoms with E-state index >= 15 is 0 Å². The zero-order valence-corrected chi connectivity index (χ0v) is 9.29. The van der Waals surface area contributed by atoms with Gasteiger partial charge in [0.1, 0.15) is 11.7 Å². The van der Waals surface area contributed by atoms with Gasteiger partial charge in [0.15, 0.2) is 5.79 Å². The van der Waals surface area contributed by atoms with Crippen LogP contribution in [0, 0.1) is 0 Å². The Kier molecular flexibility index (Phi) is 1.42. The Morgan fingerprint density at radius 3 is 2.14 bits per heavy atom. The van der Waals surface area contributed by atoms with Crippen LogP contribution < -0.4 is 0 Å². The van der Waals surface area contributed by atoms with Crippen LogP contribution in [-0.4, -0.2) is 29.2 Å². The van der Waals surface area contributed by atoms with E-state index in [-0.39, 0.29) is 23.4 Å². The molecule has 80 valence electrons. The molecule has 1 aliphatic carbocycles. The highest BCUT2D eigenvalue weighted by Gasteiger charge is 2.74. The Bertz CT molecular complexity index is 288. The molecule has 0 aromatic heterocycles. The molecule has 0 aromatic carbocycles. The van der Waals surface area contributed by atoms with Crippen LogP contribution >= 0.6 is 0 Å². The van der Waals surface area contributed by atoms with Crippen molar-refractivity contribution >= 4 is 0 Å². The first-order valence-electron chi connectivity index (χ1n) is 5.44. The first-order valence-corrected chi connectivity index (χ1v) is 5.44. The van der Waals surface area contributed by atoms with Gasteiger partial charge in [-0.3, -0.25) is 0 Å². The van der Waals surface area contributed by atoms with E-state index in [0.29, 0.717) is 0 Å². The molecule has 3 rings (SSSR count). The Labute approximate surface area is 84.7 Å². The first kappa shape index (κ1) is 9.13. The van der Waals surface area contributed by atoms with E-state index in [1.54, 1.807) is 0 Å². The molecule has 3 fully saturated rings. The Morgan fingerprint density at radius 2 is 1.79 bits per heavy atom. The van der Waals surface area contributed by atoms with Gasteiger partial charge in [0, 0.05) is 0 Å². The highest BCUT2D eigenvalue weighted by Crippen LogP contribution is 2.61. The molecule has 0 bridgehead atoms. The van der Waals surface area contributed by atoms with E-state index in [0.717, 1.165) is 12.8 Å². The van der Waals surface area contributed by atoms with E-state index in [4.69, 9.17) is 14.2 Å². The van der Waals surface area contributed by atoms with Crippen molar-refractivity contribution in [3.63, 3.8) is 0 Å². The molecule has 0 N–H and O–H groups in total. The SMILES string of the molecule is C[C@@H]1OC(C)(C)O[C@]12CC[C@]1(C)O[C@H]21. The van der Waals surface area contributed by atoms with Crippen molar-refractivity contribution in [3.8, 4) is 0 Å². The van der Waals surface area contributed by atoms with Crippen molar-refractivity contribution in [2.45, 2.75) is 69.7 Å². The number of epoxide rings is 1. The second-order valence-corrected chi connectivity index (χ2v) is 5.53. The van der Waals surface area contributed by atoms with Crippen LogP contribution in [0.15, 0.2) is 0 Å². The third-order valence-electron chi connectivity index (χ3n) is 3.92. The topological polar surface area (TPSA) is 31.0 Å². The summed E-state index contributed by atoms with van der Waals surface area (Å²) in [6, 6.07) is 0. The molecule has 14 heavy (non-hydrogen) atoms. The van der Waals surface area contributed by atoms with Gasteiger partial charge in [-0.1, -0.05) is 0 Å². The number of hydrogen-bond donors (Lipinski definition) is 0. The molecule has 3 heteroatoms. The average molecular weight is 198 g/mol. The number of hydrogen-bond acceptors (Lipinski definition) is 3. The van der Waals surface area contributed by atoms with Crippen LogP contribution in [0.3, 0.4) is 0 Å². The van der Waals surface area contributed by atoms with E-state index in [9.17, 15) is 0 Å². The van der Waals surface area contributed by atoms with Crippen molar-refractivity contribution in [2.75, 3.05) is 0 Å². The highest BCUT2D eigenvalue weighted by molar-refractivity contribution is 5.21. The highest BCUT2D eigenvalue weighted by atomic mass is 16.8. The van der Waals surface area contributed by atoms with Gasteiger partial charge in [-0.25, -0.2) is 0 Å². The van der Waals surface area contributed by atoms with E-state index in [1.165, 1.54) is 0 Å². The quantitative estimate of drug-likeness (QED) is 0.556. The lowest BCUT2D eigenvalue weighted by Gasteiger charge is -2.27. The van der Waals surface area contributed by atoms with Gasteiger partial charge in [-0.15, -0.1) is 0 Å². The number of ether oxygens (including phenoxy) is 3. The molecule has 3 nitrogen and oxygen atoms in total. The minimum Gasteiger partial charge on any atom is -0.363 e. The molecule has 1 spiro atoms. The van der Waals surface area contributed by atoms with Gasteiger partial charge >= 0.3 is 0 Å². The van der Waals surface area contributed by atoms with Crippen molar-refractivity contribution in [1.82, 2.24) is 0 Å². The molecular weight excluding hydrogens is 180 g/mol. The fraction of sp³-hybridized carbons (Fsp3) is 1.00. The predicted octanol–water partition coefficient (Wildman–Crippen LogP) is 1.85. The van der Waals surface area contributed by atoms with E-state index in [1.807, 2.05) is 13.8 Å². The Balaban J connectivity index is 1.92. The molecule has 2 aliphatic heterocycles. The van der Waals surface area contributed by atoms with Crippen LogP contribution in [0.2, 0.25) is 0 Å². The first-order chi connectivity index (χ1) is 6.38. The van der Waals surface area contributed by atoms with Crippen molar-refractivity contribution < 1.29 is 14.2 Å². The third kappa shape index (κ3) is 0.930. The summed E-state index contributed by atoms with van der Waals surface area (Å²) in [5.41, 5.74) is -0.0870. The average Bonchev–Trinajstić information content (AvgIpc) is 2.56. The van der Waals surface area contributed by atoms with Crippen LogP contribution in [0.1, 0.15) is 40.5 Å². The molecule has 3 aliphatic rings. The Hall–Kier alpha value is -0.120. The molecule has 1 saturated carbocycles. The molecule has 2 heterocycles. The molecule has 0 radical (unpaired) electrons. The summed E-state index contributed by atoms with van der Waals surface area (Å²) in [4.78, 5) is 0. The largest absolute Gasteiger partial charge is 0.363 e. The van der Waals surface area contributed by atoms with Gasteiger partial charge in [0.25, 0.3) is 0 Å². The lowest BCUT2D eigenvalue weighted by molar-refractivity contribution is -0.167. The third-order valence-corrected chi connectivity index (χ3v) is 3.92. The molecule has 0 aromatic rings. The maximum absolute atomic E-state index is 6.08. The van der Waals surface area contributed by atoms with Gasteiger partial charge in [0.05, 0.1) is 11.7 Å². The van der Waals surface area contributed by atoms with Crippen molar-refractivity contribution in [3.05, 3.63) is 0 Å². The normalized spacial score (nSPS) is 59.1. The second-order valence-electron chi connectivity index (χ2n) is 5.53. The van der Waals surface area contributed by atoms with Crippen LogP contribution in [0.25, 0.3) is 0 Å². The zero-order chi connectivity index (χ0) is 10.2. The lowest BCUT2D eigenvalue weighted by atomic mass is 9.94. The van der Waals surface area contributed by atoms with Gasteiger partial charge in [-0.05, 0) is 40.5 Å². The maximum Gasteiger partial charge on any atom is 0.164 e. The van der Waals surface area contributed by atoms with Gasteiger partial charge < -0.3 is 14.2 Å². The molecule has 0 amide bonds. The summed E-state index contributed by atoms with van der Waals surface area (Å²) < 4.78 is 17.6. The van der Waals surface area contributed by atoms with Crippen LogP contribution in [0.5, 0.6) is 0 Å². The van der Waals surface area contributed by atoms with E-state index < -0.39 is 5.79 Å². The van der Waals surface area contributed by atoms with Gasteiger partial charge in [0.2, 0.25) is 0 Å². The van der Waals surface area contributed by atoms with Crippen molar-refractivity contribution in [2.24, 2.45) is 0 Å². The minimum absolute atomic E-state index is 0.0814. The molecule has 4 atom stereocenters. The summed E-state index contributed by atoms with van der Waals surface area (Å²) in [5.74, 6) is -0.448. The summed E-state index contributed by atoms with van der Waals surface area (Å²) >= 11 is 0. The number of fused-ring (bicyclic) bond motifs is 2. The fourth-order valence-electron chi connectivity index (χ4n) is 3.23. The molecule has 0 unspecified atom stereocenters. The van der Waals surface area contributed by atoms with Gasteiger partial charge in [-0.2, -0.15) is 0 Å². The molecule has 2 saturated heterocycles. The summed E-state index contributed by atoms with van der Waals surface area (Å²) in [7, 11) is 0. The van der Waals surface area contributed by atoms with Crippen LogP contribution in [0.4, 0.5) is 0 Å². The fourth-order valence-corrected chi connectivity index (χ4v) is 3.23. The Morgan fingerprint density at radius 1 is 1.07 bits per heavy atom. The zero-order valence-electron chi connectivity index (χ0n) is 9.29. The molecular formula is C11H18O3. The standard InChI is InChI=1S/C11H18O3/c1-7-11(14-9(2,3)12-7)6-5-10(4)8(11)13-10/h7-8H,5-6H2,1-4H3/t7-,8-,10-,11+/m0/s1. The predicted molar refractivity (Wildman–Crippen MR) is 51.0 cm³/mol. The van der Waals surface area contributed by atoms with Crippen molar-refractivity contribution in [1.29, 1.82) is 0 Å². The van der Waals surface area contributed by atoms with Crippen LogP contribution in [-0.2, 0) is 14.2 Å². The monoisotopic (exact) mass is 198 g/mol. The summed E-state index contributed by atoms with van der Waals surface area (Å²) in [6.45, 7) is 8.24. The maximum atomic E-state index is 6.08. The van der Waals surface area contributed by atoms with E-state index in [2.05, 4.69) is 13.8 Å². The minimum atomic E-state index is -0.448. The number of rotatable bonds is 0. The summed E-state index contributed by atoms with van der Waals surface area (Å²) in [6.07, 6.45) is 2.57. The summed E-state index contributed by atoms with van der Waals surface area (Å²) in [5, 5.41) is 0.